The normalized spacial score (nSPS) is 19.0. The van der Waals surface area contributed by atoms with E-state index in [1.807, 2.05) is 24.3 Å². The molecule has 2 heterocycles. The van der Waals surface area contributed by atoms with E-state index in [0.717, 1.165) is 12.3 Å². The zero-order chi connectivity index (χ0) is 15.4. The first kappa shape index (κ1) is 14.8. The van der Waals surface area contributed by atoms with Gasteiger partial charge in [0.25, 0.3) is 0 Å². The number of methoxy groups -OCH3 is 1. The molecule has 5 heteroatoms. The number of benzene rings is 1. The largest absolute Gasteiger partial charge is 0.463 e. The minimum Gasteiger partial charge on any atom is -0.463 e. The van der Waals surface area contributed by atoms with E-state index in [1.165, 1.54) is 12.7 Å². The summed E-state index contributed by atoms with van der Waals surface area (Å²) in [7, 11) is 1.35. The molecule has 1 unspecified atom stereocenters. The van der Waals surface area contributed by atoms with Crippen molar-refractivity contribution in [3.05, 3.63) is 59.5 Å². The van der Waals surface area contributed by atoms with Crippen LogP contribution < -0.4 is 0 Å². The fourth-order valence-corrected chi connectivity index (χ4v) is 2.68. The third kappa shape index (κ3) is 3.21. The Morgan fingerprint density at radius 2 is 2.09 bits per heavy atom. The summed E-state index contributed by atoms with van der Waals surface area (Å²) in [5.74, 6) is 0.540. The van der Waals surface area contributed by atoms with Crippen LogP contribution in [0.25, 0.3) is 0 Å². The monoisotopic (exact) mass is 301 g/mol. The molecule has 0 radical (unpaired) electrons. The molecule has 0 N–H and O–H groups in total. The van der Waals surface area contributed by atoms with E-state index in [2.05, 4.69) is 21.8 Å². The van der Waals surface area contributed by atoms with Crippen molar-refractivity contribution in [3.63, 3.8) is 0 Å². The van der Waals surface area contributed by atoms with Crippen LogP contribution in [-0.2, 0) is 16.0 Å². The van der Waals surface area contributed by atoms with Crippen molar-refractivity contribution in [3.8, 4) is 0 Å². The Morgan fingerprint density at radius 3 is 2.86 bits per heavy atom. The Bertz CT molecular complexity index is 623. The summed E-state index contributed by atoms with van der Waals surface area (Å²) in [6.07, 6.45) is 0. The summed E-state index contributed by atoms with van der Waals surface area (Å²) in [6.45, 7) is 2.83. The third-order valence-electron chi connectivity index (χ3n) is 3.83. The van der Waals surface area contributed by atoms with E-state index in [9.17, 15) is 4.79 Å². The number of hydrogen-bond acceptors (Lipinski definition) is 5. The summed E-state index contributed by atoms with van der Waals surface area (Å²) in [5.41, 5.74) is 1.22. The number of nitrogens with zero attached hydrogens (tertiary/aromatic N) is 1. The van der Waals surface area contributed by atoms with Gasteiger partial charge in [0.15, 0.2) is 0 Å². The van der Waals surface area contributed by atoms with E-state index in [-0.39, 0.29) is 11.8 Å². The lowest BCUT2D eigenvalue weighted by Gasteiger charge is -2.35. The maximum Gasteiger partial charge on any atom is 0.373 e. The second kappa shape index (κ2) is 6.77. The highest BCUT2D eigenvalue weighted by Crippen LogP contribution is 2.26. The van der Waals surface area contributed by atoms with Crippen molar-refractivity contribution in [2.45, 2.75) is 12.6 Å². The fraction of sp³-hybridized carbons (Fsp3) is 0.353. The maximum atomic E-state index is 11.5. The molecule has 1 aromatic carbocycles. The predicted octanol–water partition coefficient (Wildman–Crippen LogP) is 2.64. The zero-order valence-corrected chi connectivity index (χ0v) is 12.5. The van der Waals surface area contributed by atoms with Gasteiger partial charge in [-0.25, -0.2) is 4.79 Å². The molecule has 2 aromatic rings. The van der Waals surface area contributed by atoms with E-state index >= 15 is 0 Å². The number of furan rings is 1. The molecule has 0 saturated carbocycles. The molecule has 116 valence electrons. The first-order valence-corrected chi connectivity index (χ1v) is 7.31. The number of morpholine rings is 1. The molecule has 22 heavy (non-hydrogen) atoms. The molecule has 1 aliphatic rings. The van der Waals surface area contributed by atoms with Crippen molar-refractivity contribution in [2.75, 3.05) is 26.9 Å². The van der Waals surface area contributed by atoms with Crippen molar-refractivity contribution in [1.29, 1.82) is 0 Å². The Kier molecular flexibility index (Phi) is 4.56. The van der Waals surface area contributed by atoms with Crippen LogP contribution in [0.1, 0.15) is 27.9 Å². The fourth-order valence-electron chi connectivity index (χ4n) is 2.68. The summed E-state index contributed by atoms with van der Waals surface area (Å²) >= 11 is 0. The average Bonchev–Trinajstić information content (AvgIpc) is 3.04. The summed E-state index contributed by atoms with van der Waals surface area (Å²) in [6, 6.07) is 14.0. The van der Waals surface area contributed by atoms with Gasteiger partial charge in [0.2, 0.25) is 5.76 Å². The maximum absolute atomic E-state index is 11.5. The first-order valence-electron chi connectivity index (χ1n) is 7.31. The third-order valence-corrected chi connectivity index (χ3v) is 3.83. The average molecular weight is 301 g/mol. The van der Waals surface area contributed by atoms with Crippen LogP contribution in [0.4, 0.5) is 0 Å². The van der Waals surface area contributed by atoms with Crippen LogP contribution in [0.5, 0.6) is 0 Å². The Balaban J connectivity index is 1.74. The molecule has 3 rings (SSSR count). The van der Waals surface area contributed by atoms with Gasteiger partial charge in [0, 0.05) is 6.54 Å². The van der Waals surface area contributed by atoms with Crippen molar-refractivity contribution in [2.24, 2.45) is 0 Å². The number of esters is 1. The molecule has 1 aromatic heterocycles. The van der Waals surface area contributed by atoms with Crippen molar-refractivity contribution >= 4 is 5.97 Å². The number of ether oxygens (including phenoxy) is 2. The van der Waals surface area contributed by atoms with E-state index in [4.69, 9.17) is 9.15 Å². The SMILES string of the molecule is COC(=O)c1ccc(CN2CCOCC2c2ccccc2)o1. The van der Waals surface area contributed by atoms with Gasteiger partial charge < -0.3 is 13.9 Å². The Morgan fingerprint density at radius 1 is 1.27 bits per heavy atom. The Labute approximate surface area is 129 Å². The predicted molar refractivity (Wildman–Crippen MR) is 80.5 cm³/mol. The van der Waals surface area contributed by atoms with Crippen LogP contribution in [0, 0.1) is 0 Å². The molecule has 5 nitrogen and oxygen atoms in total. The van der Waals surface area contributed by atoms with Gasteiger partial charge in [-0.15, -0.1) is 0 Å². The molecule has 0 bridgehead atoms. The van der Waals surface area contributed by atoms with E-state index in [1.54, 1.807) is 6.07 Å². The summed E-state index contributed by atoms with van der Waals surface area (Å²) in [5, 5.41) is 0. The van der Waals surface area contributed by atoms with Crippen LogP contribution in [0.3, 0.4) is 0 Å². The first-order chi connectivity index (χ1) is 10.8. The van der Waals surface area contributed by atoms with Gasteiger partial charge in [-0.2, -0.15) is 0 Å². The van der Waals surface area contributed by atoms with E-state index < -0.39 is 5.97 Å². The van der Waals surface area contributed by atoms with Gasteiger partial charge in [0.05, 0.1) is 32.9 Å². The van der Waals surface area contributed by atoms with Crippen molar-refractivity contribution < 1.29 is 18.7 Å². The van der Waals surface area contributed by atoms with Crippen LogP contribution in [0.15, 0.2) is 46.9 Å². The van der Waals surface area contributed by atoms with Crippen molar-refractivity contribution in [1.82, 2.24) is 4.90 Å². The molecular formula is C17H19NO4. The molecule has 1 saturated heterocycles. The van der Waals surface area contributed by atoms with Crippen LogP contribution in [0.2, 0.25) is 0 Å². The standard InChI is InChI=1S/C17H19NO4/c1-20-17(19)16-8-7-14(22-16)11-18-9-10-21-12-15(18)13-5-3-2-4-6-13/h2-8,15H,9-12H2,1H3. The quantitative estimate of drug-likeness (QED) is 0.813. The molecule has 0 amide bonds. The highest BCUT2D eigenvalue weighted by Gasteiger charge is 2.25. The minimum absolute atomic E-state index is 0.196. The molecular weight excluding hydrogens is 282 g/mol. The molecule has 1 aliphatic heterocycles. The van der Waals surface area contributed by atoms with Gasteiger partial charge >= 0.3 is 5.97 Å². The van der Waals surface area contributed by atoms with Crippen LogP contribution >= 0.6 is 0 Å². The van der Waals surface area contributed by atoms with E-state index in [0.29, 0.717) is 19.8 Å². The minimum atomic E-state index is -0.451. The second-order valence-corrected chi connectivity index (χ2v) is 5.23. The zero-order valence-electron chi connectivity index (χ0n) is 12.5. The highest BCUT2D eigenvalue weighted by molar-refractivity contribution is 5.86. The lowest BCUT2D eigenvalue weighted by molar-refractivity contribution is -0.0156. The van der Waals surface area contributed by atoms with Gasteiger partial charge in [-0.1, -0.05) is 30.3 Å². The lowest BCUT2D eigenvalue weighted by atomic mass is 10.0. The van der Waals surface area contributed by atoms with Crippen LogP contribution in [-0.4, -0.2) is 37.7 Å². The molecule has 1 fully saturated rings. The number of rotatable bonds is 4. The lowest BCUT2D eigenvalue weighted by Crippen LogP contribution is -2.38. The topological polar surface area (TPSA) is 51.9 Å². The summed E-state index contributed by atoms with van der Waals surface area (Å²) < 4.78 is 15.8. The highest BCUT2D eigenvalue weighted by atomic mass is 16.5. The smallest absolute Gasteiger partial charge is 0.373 e. The second-order valence-electron chi connectivity index (χ2n) is 5.23. The number of carbonyl (C=O) groups is 1. The molecule has 0 spiro atoms. The van der Waals surface area contributed by atoms with Gasteiger partial charge in [0.1, 0.15) is 5.76 Å². The number of carbonyl (C=O) groups excluding carboxylic acids is 1. The van der Waals surface area contributed by atoms with Gasteiger partial charge in [-0.05, 0) is 17.7 Å². The van der Waals surface area contributed by atoms with Gasteiger partial charge in [-0.3, -0.25) is 4.90 Å². The molecule has 1 atom stereocenters. The Hall–Kier alpha value is -2.11. The molecule has 0 aliphatic carbocycles. The summed E-state index contributed by atoms with van der Waals surface area (Å²) in [4.78, 5) is 13.8. The number of hydrogen-bond donors (Lipinski definition) is 0.